The van der Waals surface area contributed by atoms with Crippen LogP contribution in [-0.2, 0) is 6.54 Å². The first kappa shape index (κ1) is 14.0. The lowest BCUT2D eigenvalue weighted by molar-refractivity contribution is 0.566. The molecule has 0 bridgehead atoms. The molecule has 96 valence electrons. The Labute approximate surface area is 105 Å². The Morgan fingerprint density at radius 1 is 1.29 bits per heavy atom. The molecule has 1 N–H and O–H groups in total. The average molecular weight is 235 g/mol. The zero-order valence-corrected chi connectivity index (χ0v) is 11.7. The van der Waals surface area contributed by atoms with Gasteiger partial charge in [0.25, 0.3) is 0 Å². The summed E-state index contributed by atoms with van der Waals surface area (Å²) in [7, 11) is 1.97. The van der Waals surface area contributed by atoms with E-state index in [0.717, 1.165) is 18.9 Å². The van der Waals surface area contributed by atoms with Crippen LogP contribution in [0.3, 0.4) is 0 Å². The largest absolute Gasteiger partial charge is 0.354 e. The van der Waals surface area contributed by atoms with Crippen LogP contribution in [0.4, 0.5) is 5.82 Å². The molecule has 0 spiro atoms. The number of anilines is 1. The Hall–Kier alpha value is -1.09. The van der Waals surface area contributed by atoms with Crippen molar-refractivity contribution in [3.05, 3.63) is 23.9 Å². The van der Waals surface area contributed by atoms with Crippen molar-refractivity contribution < 1.29 is 0 Å². The van der Waals surface area contributed by atoms with Gasteiger partial charge in [0, 0.05) is 25.3 Å². The monoisotopic (exact) mass is 235 g/mol. The lowest BCUT2D eigenvalue weighted by Gasteiger charge is -2.29. The van der Waals surface area contributed by atoms with E-state index in [4.69, 9.17) is 0 Å². The Kier molecular flexibility index (Phi) is 5.42. The second kappa shape index (κ2) is 6.60. The molecule has 3 heteroatoms. The predicted octanol–water partition coefficient (Wildman–Crippen LogP) is 2.67. The third-order valence-electron chi connectivity index (χ3n) is 2.67. The second-order valence-corrected chi connectivity index (χ2v) is 5.19. The van der Waals surface area contributed by atoms with Crippen LogP contribution in [0.1, 0.15) is 33.3 Å². The van der Waals surface area contributed by atoms with Gasteiger partial charge in [-0.2, -0.15) is 0 Å². The van der Waals surface area contributed by atoms with Gasteiger partial charge in [-0.3, -0.25) is 0 Å². The molecule has 1 rings (SSSR count). The average Bonchev–Trinajstić information content (AvgIpc) is 2.26. The van der Waals surface area contributed by atoms with E-state index in [2.05, 4.69) is 55.0 Å². The van der Waals surface area contributed by atoms with Crippen LogP contribution in [0.25, 0.3) is 0 Å². The number of nitrogens with one attached hydrogen (secondary N) is 1. The third kappa shape index (κ3) is 4.35. The molecule has 1 heterocycles. The van der Waals surface area contributed by atoms with E-state index in [1.165, 1.54) is 5.56 Å². The molecule has 1 aromatic heterocycles. The smallest absolute Gasteiger partial charge is 0.129 e. The van der Waals surface area contributed by atoms with Gasteiger partial charge in [0.2, 0.25) is 0 Å². The van der Waals surface area contributed by atoms with Crippen molar-refractivity contribution in [1.82, 2.24) is 10.3 Å². The van der Waals surface area contributed by atoms with E-state index in [1.807, 2.05) is 13.2 Å². The van der Waals surface area contributed by atoms with Crippen LogP contribution in [0.5, 0.6) is 0 Å². The highest BCUT2D eigenvalue weighted by molar-refractivity contribution is 5.41. The second-order valence-electron chi connectivity index (χ2n) is 5.19. The number of nitrogens with zero attached hydrogens (tertiary/aromatic N) is 2. The summed E-state index contributed by atoms with van der Waals surface area (Å²) < 4.78 is 0. The van der Waals surface area contributed by atoms with Crippen LogP contribution in [0.2, 0.25) is 0 Å². The molecule has 0 saturated heterocycles. The van der Waals surface area contributed by atoms with Crippen molar-refractivity contribution in [1.29, 1.82) is 0 Å². The number of hydrogen-bond acceptors (Lipinski definition) is 3. The summed E-state index contributed by atoms with van der Waals surface area (Å²) in [5, 5.41) is 3.17. The van der Waals surface area contributed by atoms with Gasteiger partial charge in [-0.1, -0.05) is 13.8 Å². The number of pyridine rings is 1. The first-order chi connectivity index (χ1) is 8.04. The molecule has 0 aliphatic rings. The lowest BCUT2D eigenvalue weighted by atomic mass is 10.1. The summed E-state index contributed by atoms with van der Waals surface area (Å²) in [5.41, 5.74) is 1.28. The van der Waals surface area contributed by atoms with E-state index in [1.54, 1.807) is 0 Å². The Morgan fingerprint density at radius 2 is 2.00 bits per heavy atom. The molecule has 0 atom stereocenters. The summed E-state index contributed by atoms with van der Waals surface area (Å²) in [4.78, 5) is 6.86. The summed E-state index contributed by atoms with van der Waals surface area (Å²) in [6, 6.07) is 4.72. The Bertz CT molecular complexity index is 334. The summed E-state index contributed by atoms with van der Waals surface area (Å²) in [5.74, 6) is 1.73. The SMILES string of the molecule is CNCc1ccnc(N(CC(C)C)C(C)C)c1. The van der Waals surface area contributed by atoms with E-state index in [-0.39, 0.29) is 0 Å². The van der Waals surface area contributed by atoms with Crippen molar-refractivity contribution >= 4 is 5.82 Å². The van der Waals surface area contributed by atoms with Gasteiger partial charge >= 0.3 is 0 Å². The fraction of sp³-hybridized carbons (Fsp3) is 0.643. The molecule has 0 saturated carbocycles. The normalized spacial score (nSPS) is 11.2. The number of hydrogen-bond donors (Lipinski definition) is 1. The van der Waals surface area contributed by atoms with Gasteiger partial charge in [0.05, 0.1) is 0 Å². The minimum Gasteiger partial charge on any atom is -0.354 e. The van der Waals surface area contributed by atoms with E-state index >= 15 is 0 Å². The minimum atomic E-state index is 0.481. The molecular weight excluding hydrogens is 210 g/mol. The Morgan fingerprint density at radius 3 is 2.53 bits per heavy atom. The van der Waals surface area contributed by atoms with Crippen molar-refractivity contribution in [2.75, 3.05) is 18.5 Å². The molecule has 0 aliphatic carbocycles. The highest BCUT2D eigenvalue weighted by Crippen LogP contribution is 2.17. The number of rotatable bonds is 6. The van der Waals surface area contributed by atoms with Crippen LogP contribution in [0.15, 0.2) is 18.3 Å². The molecule has 0 unspecified atom stereocenters. The first-order valence-corrected chi connectivity index (χ1v) is 6.40. The zero-order chi connectivity index (χ0) is 12.8. The standard InChI is InChI=1S/C14H25N3/c1-11(2)10-17(12(3)4)14-8-13(9-15-5)6-7-16-14/h6-8,11-12,15H,9-10H2,1-5H3. The van der Waals surface area contributed by atoms with Gasteiger partial charge in [-0.15, -0.1) is 0 Å². The molecule has 17 heavy (non-hydrogen) atoms. The molecule has 0 aromatic carbocycles. The molecule has 0 fully saturated rings. The van der Waals surface area contributed by atoms with Gasteiger partial charge < -0.3 is 10.2 Å². The van der Waals surface area contributed by atoms with Gasteiger partial charge in [0.1, 0.15) is 5.82 Å². The fourth-order valence-electron chi connectivity index (χ4n) is 1.89. The lowest BCUT2D eigenvalue weighted by Crippen LogP contribution is -2.34. The maximum absolute atomic E-state index is 4.49. The number of aromatic nitrogens is 1. The van der Waals surface area contributed by atoms with Crippen molar-refractivity contribution in [3.63, 3.8) is 0 Å². The summed E-state index contributed by atoms with van der Waals surface area (Å²) in [6.07, 6.45) is 1.90. The topological polar surface area (TPSA) is 28.2 Å². The van der Waals surface area contributed by atoms with Crippen LogP contribution in [-0.4, -0.2) is 24.6 Å². The minimum absolute atomic E-state index is 0.481. The van der Waals surface area contributed by atoms with E-state index < -0.39 is 0 Å². The zero-order valence-electron chi connectivity index (χ0n) is 11.7. The highest BCUT2D eigenvalue weighted by Gasteiger charge is 2.13. The van der Waals surface area contributed by atoms with Gasteiger partial charge in [0.15, 0.2) is 0 Å². The molecule has 3 nitrogen and oxygen atoms in total. The van der Waals surface area contributed by atoms with Crippen molar-refractivity contribution in [2.24, 2.45) is 5.92 Å². The maximum atomic E-state index is 4.49. The van der Waals surface area contributed by atoms with Crippen LogP contribution < -0.4 is 10.2 Å². The maximum Gasteiger partial charge on any atom is 0.129 e. The third-order valence-corrected chi connectivity index (χ3v) is 2.67. The Balaban J connectivity index is 2.89. The van der Waals surface area contributed by atoms with Crippen LogP contribution in [0, 0.1) is 5.92 Å². The molecule has 0 radical (unpaired) electrons. The molecule has 0 amide bonds. The van der Waals surface area contributed by atoms with Crippen LogP contribution >= 0.6 is 0 Å². The summed E-state index contributed by atoms with van der Waals surface area (Å²) >= 11 is 0. The predicted molar refractivity (Wildman–Crippen MR) is 74.3 cm³/mol. The van der Waals surface area contributed by atoms with Crippen molar-refractivity contribution in [3.8, 4) is 0 Å². The van der Waals surface area contributed by atoms with Gasteiger partial charge in [-0.25, -0.2) is 4.98 Å². The fourth-order valence-corrected chi connectivity index (χ4v) is 1.89. The quantitative estimate of drug-likeness (QED) is 0.821. The van der Waals surface area contributed by atoms with Gasteiger partial charge in [-0.05, 0) is 44.5 Å². The molecular formula is C14H25N3. The van der Waals surface area contributed by atoms with E-state index in [9.17, 15) is 0 Å². The van der Waals surface area contributed by atoms with Crippen molar-refractivity contribution in [2.45, 2.75) is 40.3 Å². The highest BCUT2D eigenvalue weighted by atomic mass is 15.2. The molecule has 0 aliphatic heterocycles. The van der Waals surface area contributed by atoms with E-state index in [0.29, 0.717) is 12.0 Å². The molecule has 1 aromatic rings. The summed E-state index contributed by atoms with van der Waals surface area (Å²) in [6.45, 7) is 10.9. The first-order valence-electron chi connectivity index (χ1n) is 6.40.